The number of nitrogens with zero attached hydrogens (tertiary/aromatic N) is 1. The van der Waals surface area contributed by atoms with Gasteiger partial charge in [-0.05, 0) is 18.9 Å². The van der Waals surface area contributed by atoms with Gasteiger partial charge in [0.15, 0.2) is 0 Å². The molecule has 0 bridgehead atoms. The predicted octanol–water partition coefficient (Wildman–Crippen LogP) is 1.99. The van der Waals surface area contributed by atoms with Crippen molar-refractivity contribution in [1.29, 1.82) is 0 Å². The van der Waals surface area contributed by atoms with Gasteiger partial charge in [-0.2, -0.15) is 0 Å². The van der Waals surface area contributed by atoms with Crippen LogP contribution in [0.2, 0.25) is 0 Å². The number of benzene rings is 1. The summed E-state index contributed by atoms with van der Waals surface area (Å²) < 4.78 is 0. The highest BCUT2D eigenvalue weighted by Gasteiger charge is 2.21. The number of hydrogen-bond acceptors (Lipinski definition) is 1. The van der Waals surface area contributed by atoms with E-state index in [2.05, 4.69) is 5.32 Å². The van der Waals surface area contributed by atoms with E-state index in [-0.39, 0.29) is 6.03 Å². The highest BCUT2D eigenvalue weighted by Crippen LogP contribution is 2.10. The smallest absolute Gasteiger partial charge is 0.317 e. The molecular weight excluding hydrogens is 188 g/mol. The van der Waals surface area contributed by atoms with Crippen LogP contribution >= 0.6 is 0 Å². The Hall–Kier alpha value is -1.51. The normalized spacial score (nSPS) is 21.3. The fraction of sp³-hybridized carbons (Fsp3) is 0.417. The van der Waals surface area contributed by atoms with Crippen LogP contribution < -0.4 is 5.32 Å². The zero-order valence-electron chi connectivity index (χ0n) is 8.94. The topological polar surface area (TPSA) is 32.3 Å². The highest BCUT2D eigenvalue weighted by molar-refractivity contribution is 5.75. The monoisotopic (exact) mass is 204 g/mol. The van der Waals surface area contributed by atoms with E-state index in [4.69, 9.17) is 0 Å². The minimum atomic E-state index is 0.0533. The molecule has 0 aliphatic carbocycles. The molecule has 1 aromatic carbocycles. The maximum Gasteiger partial charge on any atom is 0.317 e. The van der Waals surface area contributed by atoms with Crippen LogP contribution in [0.15, 0.2) is 30.3 Å². The molecular formula is C12H16N2O. The standard InChI is InChI=1S/C12H16N2O/c1-10-7-8-14(12(15)13-10)9-11-5-3-2-4-6-11/h2-6,10H,7-9H2,1H3,(H,13,15). The number of nitrogens with one attached hydrogen (secondary N) is 1. The largest absolute Gasteiger partial charge is 0.335 e. The first-order chi connectivity index (χ1) is 7.25. The summed E-state index contributed by atoms with van der Waals surface area (Å²) in [5.74, 6) is 0. The molecule has 1 aromatic rings. The lowest BCUT2D eigenvalue weighted by molar-refractivity contribution is 0.173. The third-order valence-corrected chi connectivity index (χ3v) is 2.71. The Morgan fingerprint density at radius 1 is 1.40 bits per heavy atom. The number of carbonyl (C=O) groups excluding carboxylic acids is 1. The lowest BCUT2D eigenvalue weighted by Gasteiger charge is -2.31. The average Bonchev–Trinajstić information content (AvgIpc) is 2.24. The summed E-state index contributed by atoms with van der Waals surface area (Å²) in [5, 5.41) is 2.94. The molecule has 1 heterocycles. The van der Waals surface area contributed by atoms with Gasteiger partial charge in [-0.15, -0.1) is 0 Å². The second kappa shape index (κ2) is 4.34. The molecule has 3 heteroatoms. The van der Waals surface area contributed by atoms with Crippen molar-refractivity contribution in [2.75, 3.05) is 6.54 Å². The summed E-state index contributed by atoms with van der Waals surface area (Å²) in [6.07, 6.45) is 1.03. The van der Waals surface area contributed by atoms with Crippen molar-refractivity contribution in [1.82, 2.24) is 10.2 Å². The van der Waals surface area contributed by atoms with E-state index in [1.807, 2.05) is 42.2 Å². The molecule has 2 amide bonds. The van der Waals surface area contributed by atoms with Crippen LogP contribution in [0.25, 0.3) is 0 Å². The summed E-state index contributed by atoms with van der Waals surface area (Å²) in [4.78, 5) is 13.5. The minimum Gasteiger partial charge on any atom is -0.335 e. The van der Waals surface area contributed by atoms with Gasteiger partial charge in [0.2, 0.25) is 0 Å². The summed E-state index contributed by atoms with van der Waals surface area (Å²) in [7, 11) is 0. The van der Waals surface area contributed by atoms with Crippen molar-refractivity contribution in [3.63, 3.8) is 0 Å². The average molecular weight is 204 g/mol. The van der Waals surface area contributed by atoms with Crippen molar-refractivity contribution >= 4 is 6.03 Å². The second-order valence-electron chi connectivity index (χ2n) is 4.05. The van der Waals surface area contributed by atoms with Crippen LogP contribution in [0, 0.1) is 0 Å². The molecule has 80 valence electrons. The van der Waals surface area contributed by atoms with E-state index >= 15 is 0 Å². The number of amides is 2. The van der Waals surface area contributed by atoms with Crippen molar-refractivity contribution in [2.45, 2.75) is 25.9 Å². The van der Waals surface area contributed by atoms with E-state index in [0.717, 1.165) is 13.0 Å². The Labute approximate surface area is 90.1 Å². The fourth-order valence-corrected chi connectivity index (χ4v) is 1.78. The van der Waals surface area contributed by atoms with Gasteiger partial charge in [-0.1, -0.05) is 30.3 Å². The first-order valence-corrected chi connectivity index (χ1v) is 5.35. The van der Waals surface area contributed by atoms with Gasteiger partial charge in [-0.3, -0.25) is 0 Å². The predicted molar refractivity (Wildman–Crippen MR) is 59.5 cm³/mol. The molecule has 0 radical (unpaired) electrons. The molecule has 1 aliphatic heterocycles. The number of rotatable bonds is 2. The minimum absolute atomic E-state index is 0.0533. The van der Waals surface area contributed by atoms with Gasteiger partial charge in [0.25, 0.3) is 0 Å². The van der Waals surface area contributed by atoms with Crippen LogP contribution in [0.4, 0.5) is 4.79 Å². The van der Waals surface area contributed by atoms with Gasteiger partial charge in [0.1, 0.15) is 0 Å². The molecule has 0 spiro atoms. The maximum atomic E-state index is 11.6. The first-order valence-electron chi connectivity index (χ1n) is 5.35. The molecule has 1 unspecified atom stereocenters. The Morgan fingerprint density at radius 3 is 2.80 bits per heavy atom. The quantitative estimate of drug-likeness (QED) is 0.785. The van der Waals surface area contributed by atoms with Crippen molar-refractivity contribution in [2.24, 2.45) is 0 Å². The summed E-state index contributed by atoms with van der Waals surface area (Å²) in [5.41, 5.74) is 1.18. The van der Waals surface area contributed by atoms with Gasteiger partial charge in [-0.25, -0.2) is 4.79 Å². The van der Waals surface area contributed by atoms with Crippen LogP contribution in [-0.4, -0.2) is 23.5 Å². The number of hydrogen-bond donors (Lipinski definition) is 1. The van der Waals surface area contributed by atoms with Gasteiger partial charge in [0, 0.05) is 19.1 Å². The lowest BCUT2D eigenvalue weighted by atomic mass is 10.1. The molecule has 1 saturated heterocycles. The molecule has 0 aromatic heterocycles. The zero-order chi connectivity index (χ0) is 10.7. The van der Waals surface area contributed by atoms with Gasteiger partial charge < -0.3 is 10.2 Å². The van der Waals surface area contributed by atoms with Gasteiger partial charge in [0.05, 0.1) is 0 Å². The zero-order valence-corrected chi connectivity index (χ0v) is 8.94. The van der Waals surface area contributed by atoms with Crippen LogP contribution in [0.3, 0.4) is 0 Å². The highest BCUT2D eigenvalue weighted by atomic mass is 16.2. The molecule has 1 fully saturated rings. The van der Waals surface area contributed by atoms with Crippen LogP contribution in [0.1, 0.15) is 18.9 Å². The third kappa shape index (κ3) is 2.49. The molecule has 1 atom stereocenters. The SMILES string of the molecule is CC1CCN(Cc2ccccc2)C(=O)N1. The third-order valence-electron chi connectivity index (χ3n) is 2.71. The summed E-state index contributed by atoms with van der Waals surface area (Å²) >= 11 is 0. The fourth-order valence-electron chi connectivity index (χ4n) is 1.78. The molecule has 0 saturated carbocycles. The van der Waals surface area contributed by atoms with Gasteiger partial charge >= 0.3 is 6.03 Å². The Kier molecular flexibility index (Phi) is 2.90. The Bertz CT molecular complexity index is 337. The molecule has 2 rings (SSSR count). The van der Waals surface area contributed by atoms with Crippen molar-refractivity contribution in [3.8, 4) is 0 Å². The first kappa shape index (κ1) is 10.0. The van der Waals surface area contributed by atoms with Crippen molar-refractivity contribution < 1.29 is 4.79 Å². The molecule has 15 heavy (non-hydrogen) atoms. The maximum absolute atomic E-state index is 11.6. The molecule has 3 nitrogen and oxygen atoms in total. The summed E-state index contributed by atoms with van der Waals surface area (Å²) in [6.45, 7) is 3.60. The molecule has 1 aliphatic rings. The van der Waals surface area contributed by atoms with Crippen LogP contribution in [0.5, 0.6) is 0 Å². The Morgan fingerprint density at radius 2 is 2.13 bits per heavy atom. The molecule has 1 N–H and O–H groups in total. The Balaban J connectivity index is 1.98. The van der Waals surface area contributed by atoms with Crippen LogP contribution in [-0.2, 0) is 6.54 Å². The van der Waals surface area contributed by atoms with E-state index in [9.17, 15) is 4.79 Å². The van der Waals surface area contributed by atoms with E-state index in [0.29, 0.717) is 12.6 Å². The van der Waals surface area contributed by atoms with E-state index < -0.39 is 0 Å². The number of urea groups is 1. The summed E-state index contributed by atoms with van der Waals surface area (Å²) in [6, 6.07) is 10.4. The van der Waals surface area contributed by atoms with E-state index in [1.54, 1.807) is 0 Å². The van der Waals surface area contributed by atoms with Crippen molar-refractivity contribution in [3.05, 3.63) is 35.9 Å². The second-order valence-corrected chi connectivity index (χ2v) is 4.05. The lowest BCUT2D eigenvalue weighted by Crippen LogP contribution is -2.50. The number of carbonyl (C=O) groups is 1. The van der Waals surface area contributed by atoms with E-state index in [1.165, 1.54) is 5.56 Å².